The van der Waals surface area contributed by atoms with Crippen molar-refractivity contribution in [3.05, 3.63) is 28.5 Å². The number of aliphatic hydroxyl groups excluding tert-OH is 1. The second kappa shape index (κ2) is 10.5. The Morgan fingerprint density at radius 1 is 1.32 bits per heavy atom. The van der Waals surface area contributed by atoms with Crippen LogP contribution in [-0.2, 0) is 0 Å². The molecule has 3 N–H and O–H groups in total. The smallest absolute Gasteiger partial charge is 0.391 e. The first-order valence-electron chi connectivity index (χ1n) is 11.8. The molecule has 2 aliphatic rings. The molecular formula is C23H26F5N5O3S. The SMILES string of the molecule is CC[C@H](Nc1cc(C(F)F)c(-c2sc(C(=O)N[C@H]3C[C@@H]3O)nc2C(=O)N2CCC[C@@H]2C)cn1)C(F)(F)F. The quantitative estimate of drug-likeness (QED) is 0.424. The molecule has 4 rings (SSSR count). The van der Waals surface area contributed by atoms with E-state index in [0.717, 1.165) is 25.1 Å². The molecule has 3 heterocycles. The molecule has 0 spiro atoms. The van der Waals surface area contributed by atoms with Gasteiger partial charge in [-0.15, -0.1) is 11.3 Å². The van der Waals surface area contributed by atoms with Crippen molar-refractivity contribution in [3.63, 3.8) is 0 Å². The number of aromatic nitrogens is 2. The number of amides is 2. The van der Waals surface area contributed by atoms with Gasteiger partial charge in [-0.1, -0.05) is 6.92 Å². The van der Waals surface area contributed by atoms with Gasteiger partial charge in [-0.2, -0.15) is 13.2 Å². The standard InChI is InChI=1S/C23H26F5N5O3S/c1-3-15(23(26,27)28)31-16-7-11(19(24)25)12(9-29-16)18-17(22(36)33-6-4-5-10(33)2)32-21(37-18)20(35)30-13-8-14(13)34/h7,9-10,13-15,19,34H,3-6,8H2,1-2H3,(H,29,31)(H,30,35)/t10-,13-,14-,15-/m0/s1. The molecule has 1 saturated heterocycles. The van der Waals surface area contributed by atoms with Crippen molar-refractivity contribution >= 4 is 29.0 Å². The number of nitrogens with one attached hydrogen (secondary N) is 2. The summed E-state index contributed by atoms with van der Waals surface area (Å²) in [6.45, 7) is 3.58. The van der Waals surface area contributed by atoms with Gasteiger partial charge in [0.1, 0.15) is 17.6 Å². The van der Waals surface area contributed by atoms with Crippen LogP contribution in [0.5, 0.6) is 0 Å². The van der Waals surface area contributed by atoms with Crippen molar-refractivity contribution in [3.8, 4) is 10.4 Å². The Bertz CT molecular complexity index is 1170. The normalized spacial score (nSPS) is 22.3. The van der Waals surface area contributed by atoms with Gasteiger partial charge < -0.3 is 20.6 Å². The van der Waals surface area contributed by atoms with Crippen molar-refractivity contribution < 1.29 is 36.6 Å². The lowest BCUT2D eigenvalue weighted by Crippen LogP contribution is -2.35. The minimum absolute atomic E-state index is 0.0252. The van der Waals surface area contributed by atoms with Gasteiger partial charge in [-0.05, 0) is 38.7 Å². The molecule has 1 saturated carbocycles. The molecule has 8 nitrogen and oxygen atoms in total. The highest BCUT2D eigenvalue weighted by atomic mass is 32.1. The van der Waals surface area contributed by atoms with E-state index in [-0.39, 0.29) is 33.6 Å². The molecule has 2 aromatic heterocycles. The first-order chi connectivity index (χ1) is 17.4. The van der Waals surface area contributed by atoms with E-state index in [1.807, 2.05) is 6.92 Å². The van der Waals surface area contributed by atoms with Crippen molar-refractivity contribution in [2.75, 3.05) is 11.9 Å². The summed E-state index contributed by atoms with van der Waals surface area (Å²) in [7, 11) is 0. The Kier molecular flexibility index (Phi) is 7.70. The number of halogens is 5. The van der Waals surface area contributed by atoms with Crippen molar-refractivity contribution in [2.24, 2.45) is 0 Å². The monoisotopic (exact) mass is 547 g/mol. The molecule has 1 aliphatic carbocycles. The van der Waals surface area contributed by atoms with Gasteiger partial charge in [-0.25, -0.2) is 18.7 Å². The Balaban J connectivity index is 1.75. The van der Waals surface area contributed by atoms with E-state index < -0.39 is 54.0 Å². The number of anilines is 1. The summed E-state index contributed by atoms with van der Waals surface area (Å²) in [6, 6.07) is -1.74. The average Bonchev–Trinajstić information content (AvgIpc) is 3.20. The van der Waals surface area contributed by atoms with Crippen LogP contribution in [0.2, 0.25) is 0 Å². The molecule has 14 heteroatoms. The van der Waals surface area contributed by atoms with Gasteiger partial charge in [-0.3, -0.25) is 9.59 Å². The average molecular weight is 548 g/mol. The number of aliphatic hydroxyl groups is 1. The second-order valence-electron chi connectivity index (χ2n) is 9.17. The maximum atomic E-state index is 14.1. The Morgan fingerprint density at radius 3 is 2.57 bits per heavy atom. The topological polar surface area (TPSA) is 107 Å². The molecule has 0 bridgehead atoms. The minimum Gasteiger partial charge on any atom is -0.391 e. The third-order valence-corrected chi connectivity index (χ3v) is 7.54. The summed E-state index contributed by atoms with van der Waals surface area (Å²) in [5.74, 6) is -1.59. The number of alkyl halides is 5. The first kappa shape index (κ1) is 27.2. The summed E-state index contributed by atoms with van der Waals surface area (Å²) in [5.41, 5.74) is -1.04. The Labute approximate surface area is 213 Å². The van der Waals surface area contributed by atoms with Crippen LogP contribution in [0, 0.1) is 0 Å². The molecule has 4 atom stereocenters. The Morgan fingerprint density at radius 2 is 2.03 bits per heavy atom. The predicted octanol–water partition coefficient (Wildman–Crippen LogP) is 4.38. The van der Waals surface area contributed by atoms with Crippen molar-refractivity contribution in [1.29, 1.82) is 0 Å². The Hall–Kier alpha value is -2.87. The van der Waals surface area contributed by atoms with E-state index in [2.05, 4.69) is 20.6 Å². The number of thiazole rings is 1. The highest BCUT2D eigenvalue weighted by Gasteiger charge is 2.40. The lowest BCUT2D eigenvalue weighted by molar-refractivity contribution is -0.142. The maximum Gasteiger partial charge on any atom is 0.408 e. The van der Waals surface area contributed by atoms with Gasteiger partial charge in [0.15, 0.2) is 5.01 Å². The van der Waals surface area contributed by atoms with E-state index in [4.69, 9.17) is 0 Å². The van der Waals surface area contributed by atoms with E-state index in [9.17, 15) is 36.6 Å². The summed E-state index contributed by atoms with van der Waals surface area (Å²) in [5, 5.41) is 14.1. The van der Waals surface area contributed by atoms with Crippen LogP contribution in [0.4, 0.5) is 27.8 Å². The predicted molar refractivity (Wildman–Crippen MR) is 126 cm³/mol. The minimum atomic E-state index is -4.61. The molecule has 0 aromatic carbocycles. The zero-order valence-electron chi connectivity index (χ0n) is 20.0. The molecule has 2 fully saturated rings. The number of hydrogen-bond donors (Lipinski definition) is 3. The fraction of sp³-hybridized carbons (Fsp3) is 0.565. The second-order valence-corrected chi connectivity index (χ2v) is 10.2. The summed E-state index contributed by atoms with van der Waals surface area (Å²) in [4.78, 5) is 35.7. The zero-order valence-corrected chi connectivity index (χ0v) is 20.8. The third kappa shape index (κ3) is 5.84. The van der Waals surface area contributed by atoms with Crippen LogP contribution >= 0.6 is 11.3 Å². The molecule has 202 valence electrons. The first-order valence-corrected chi connectivity index (χ1v) is 12.6. The highest BCUT2D eigenvalue weighted by molar-refractivity contribution is 7.17. The van der Waals surface area contributed by atoms with Crippen LogP contribution in [0.25, 0.3) is 10.4 Å². The van der Waals surface area contributed by atoms with E-state index in [1.54, 1.807) is 4.90 Å². The number of nitrogens with zero attached hydrogens (tertiary/aromatic N) is 3. The molecule has 0 unspecified atom stereocenters. The molecule has 1 aliphatic heterocycles. The number of rotatable bonds is 8. The molecule has 0 radical (unpaired) electrons. The van der Waals surface area contributed by atoms with Crippen molar-refractivity contribution in [1.82, 2.24) is 20.2 Å². The van der Waals surface area contributed by atoms with Gasteiger partial charge >= 0.3 is 6.18 Å². The number of likely N-dealkylation sites (tertiary alicyclic amines) is 1. The van der Waals surface area contributed by atoms with Crippen LogP contribution in [0.1, 0.15) is 71.8 Å². The van der Waals surface area contributed by atoms with Gasteiger partial charge in [0.05, 0.1) is 17.0 Å². The molecule has 2 aromatic rings. The number of hydrogen-bond acceptors (Lipinski definition) is 7. The van der Waals surface area contributed by atoms with Gasteiger partial charge in [0.25, 0.3) is 18.2 Å². The van der Waals surface area contributed by atoms with E-state index in [0.29, 0.717) is 24.3 Å². The van der Waals surface area contributed by atoms with Crippen LogP contribution < -0.4 is 10.6 Å². The van der Waals surface area contributed by atoms with Crippen molar-refractivity contribution in [2.45, 2.75) is 76.4 Å². The molecule has 2 amide bonds. The maximum absolute atomic E-state index is 14.1. The fourth-order valence-corrected chi connectivity index (χ4v) is 5.19. The van der Waals surface area contributed by atoms with Crippen LogP contribution in [0.3, 0.4) is 0 Å². The zero-order chi connectivity index (χ0) is 27.1. The summed E-state index contributed by atoms with van der Waals surface area (Å²) >= 11 is 0.714. The summed E-state index contributed by atoms with van der Waals surface area (Å²) in [6.07, 6.45) is -5.91. The van der Waals surface area contributed by atoms with E-state index >= 15 is 0 Å². The largest absolute Gasteiger partial charge is 0.408 e. The summed E-state index contributed by atoms with van der Waals surface area (Å²) < 4.78 is 67.8. The fourth-order valence-electron chi connectivity index (χ4n) is 4.20. The lowest BCUT2D eigenvalue weighted by atomic mass is 10.1. The van der Waals surface area contributed by atoms with Crippen LogP contribution in [-0.4, -0.2) is 68.7 Å². The molecular weight excluding hydrogens is 521 g/mol. The van der Waals surface area contributed by atoms with Crippen LogP contribution in [0.15, 0.2) is 12.3 Å². The lowest BCUT2D eigenvalue weighted by Gasteiger charge is -2.22. The number of carbonyl (C=O) groups is 2. The van der Waals surface area contributed by atoms with Gasteiger partial charge in [0.2, 0.25) is 0 Å². The third-order valence-electron chi connectivity index (χ3n) is 6.45. The highest BCUT2D eigenvalue weighted by Crippen LogP contribution is 2.39. The van der Waals surface area contributed by atoms with Gasteiger partial charge in [0, 0.05) is 29.9 Å². The number of carbonyl (C=O) groups excluding carboxylic acids is 2. The van der Waals surface area contributed by atoms with E-state index in [1.165, 1.54) is 6.92 Å². The molecule has 37 heavy (non-hydrogen) atoms. The number of pyridine rings is 1.